The molecule has 2 fully saturated rings. The first kappa shape index (κ1) is 55.0. The number of hydrogen-bond donors (Lipinski definition) is 3. The van der Waals surface area contributed by atoms with Gasteiger partial charge in [0.15, 0.2) is 18.0 Å². The number of urea groups is 1. The number of aromatic nitrogens is 4. The van der Waals surface area contributed by atoms with Crippen LogP contribution in [0.25, 0.3) is 11.1 Å². The maximum Gasteiger partial charge on any atom is 0.347 e. The molecule has 0 saturated carbocycles. The van der Waals surface area contributed by atoms with E-state index in [1.54, 1.807) is 37.7 Å². The van der Waals surface area contributed by atoms with Crippen molar-refractivity contribution in [2.45, 2.75) is 104 Å². The molecule has 2 aliphatic heterocycles. The van der Waals surface area contributed by atoms with Crippen molar-refractivity contribution in [2.24, 2.45) is 0 Å². The van der Waals surface area contributed by atoms with Crippen molar-refractivity contribution >= 4 is 53.1 Å². The second-order valence-electron chi connectivity index (χ2n) is 18.6. The van der Waals surface area contributed by atoms with E-state index in [9.17, 15) is 24.0 Å². The minimum Gasteiger partial charge on any atom is -0.497 e. The summed E-state index contributed by atoms with van der Waals surface area (Å²) in [4.78, 5) is 71.9. The molecule has 22 heteroatoms. The van der Waals surface area contributed by atoms with Crippen LogP contribution in [0, 0.1) is 0 Å². The first-order chi connectivity index (χ1) is 34.6. The number of esters is 4. The van der Waals surface area contributed by atoms with Gasteiger partial charge in [0, 0.05) is 50.0 Å². The first-order valence-corrected chi connectivity index (χ1v) is 25.2. The van der Waals surface area contributed by atoms with Crippen LogP contribution in [0.4, 0.5) is 16.3 Å². The van der Waals surface area contributed by atoms with Crippen molar-refractivity contribution < 1.29 is 57.1 Å². The molecule has 392 valence electrons. The molecule has 0 radical (unpaired) electrons. The van der Waals surface area contributed by atoms with Gasteiger partial charge >= 0.3 is 29.9 Å². The number of nitrogens with one attached hydrogen (secondary N) is 3. The number of benzene rings is 2. The Kier molecular flexibility index (Phi) is 21.0. The van der Waals surface area contributed by atoms with E-state index in [1.165, 1.54) is 18.7 Å². The SMILES string of the molecule is COc1cccc(CN(CCOC(=O)C(C)OC(=O)C(C)OC(=O)CCC(=O)O[C@H](CCc2nsnc2N2CCOCC2)CNC(C)(C)C)C(=O)Nc2ccc(-c3cn[nH]c3)cc2OCCN2CCCC2)c1. The molecule has 4 aromatic rings. The van der Waals surface area contributed by atoms with E-state index >= 15 is 0 Å². The topological polar surface area (TPSA) is 238 Å². The van der Waals surface area contributed by atoms with Crippen molar-refractivity contribution in [3.63, 3.8) is 0 Å². The third-order valence-corrected chi connectivity index (χ3v) is 12.4. The predicted molar refractivity (Wildman–Crippen MR) is 268 cm³/mol. The van der Waals surface area contributed by atoms with E-state index in [0.717, 1.165) is 85.5 Å². The van der Waals surface area contributed by atoms with Crippen LogP contribution in [0.5, 0.6) is 11.5 Å². The molecule has 3 N–H and O–H groups in total. The summed E-state index contributed by atoms with van der Waals surface area (Å²) >= 11 is 1.14. The molecule has 3 atom stereocenters. The largest absolute Gasteiger partial charge is 0.497 e. The van der Waals surface area contributed by atoms with E-state index in [2.05, 4.69) is 39.4 Å². The number of H-pyrrole nitrogens is 1. The minimum atomic E-state index is -1.40. The fourth-order valence-corrected chi connectivity index (χ4v) is 8.41. The van der Waals surface area contributed by atoms with E-state index in [1.807, 2.05) is 45.0 Å². The van der Waals surface area contributed by atoms with Gasteiger partial charge < -0.3 is 53.6 Å². The van der Waals surface area contributed by atoms with E-state index in [4.69, 9.17) is 33.2 Å². The minimum absolute atomic E-state index is 0.0445. The number of aromatic amines is 1. The number of ether oxygens (including phenoxy) is 7. The zero-order valence-electron chi connectivity index (χ0n) is 42.1. The standard InChI is InChI=1S/C50H69N9O12S/c1-34(70-48(63)35(2)69-44(60)16-17-45(61)71-40(32-51-50(3,4)5)13-15-42-46(56-72-55-42)58-21-24-66-25-22-58)47(62)68-27-23-59(33-36-10-9-11-39(28-36)65-6)49(64)54-41-14-12-37(38-30-52-53-31-38)29-43(41)67-26-20-57-18-7-8-19-57/h9-12,14,28-31,34-35,40,51H,7-8,13,15-27,32-33H2,1-6H3,(H,52,53)(H,54,64)/t34?,35?,40-/m1/s1. The number of nitrogens with zero attached hydrogens (tertiary/aromatic N) is 6. The van der Waals surface area contributed by atoms with Crippen LogP contribution in [0.3, 0.4) is 0 Å². The third kappa shape index (κ3) is 17.7. The van der Waals surface area contributed by atoms with Gasteiger partial charge in [-0.25, -0.2) is 14.4 Å². The van der Waals surface area contributed by atoms with Crippen molar-refractivity contribution in [2.75, 3.05) is 89.6 Å². The highest BCUT2D eigenvalue weighted by Crippen LogP contribution is 2.32. The molecular formula is C50H69N9O12S. The monoisotopic (exact) mass is 1020 g/mol. The van der Waals surface area contributed by atoms with Crippen LogP contribution < -0.4 is 25.0 Å². The van der Waals surface area contributed by atoms with E-state index in [-0.39, 0.29) is 38.1 Å². The number of rotatable bonds is 26. The van der Waals surface area contributed by atoms with Crippen molar-refractivity contribution in [3.05, 3.63) is 66.1 Å². The van der Waals surface area contributed by atoms with Crippen molar-refractivity contribution in [3.8, 4) is 22.6 Å². The van der Waals surface area contributed by atoms with Crippen LogP contribution in [0.1, 0.15) is 78.0 Å². The van der Waals surface area contributed by atoms with Gasteiger partial charge in [0.05, 0.1) is 69.0 Å². The maximum atomic E-state index is 14.1. The average molecular weight is 1020 g/mol. The Morgan fingerprint density at radius 1 is 0.889 bits per heavy atom. The van der Waals surface area contributed by atoms with Gasteiger partial charge in [-0.2, -0.15) is 13.8 Å². The van der Waals surface area contributed by atoms with Crippen molar-refractivity contribution in [1.29, 1.82) is 0 Å². The van der Waals surface area contributed by atoms with Crippen LogP contribution >= 0.6 is 11.7 Å². The fraction of sp³-hybridized carbons (Fsp3) is 0.560. The lowest BCUT2D eigenvalue weighted by Crippen LogP contribution is -2.42. The maximum absolute atomic E-state index is 14.1. The molecule has 21 nitrogen and oxygen atoms in total. The summed E-state index contributed by atoms with van der Waals surface area (Å²) < 4.78 is 48.0. The Balaban J connectivity index is 0.975. The molecule has 2 amide bonds. The Hall–Kier alpha value is -6.36. The highest BCUT2D eigenvalue weighted by molar-refractivity contribution is 6.99. The molecule has 0 spiro atoms. The number of amides is 2. The number of carbonyl (C=O) groups excluding carboxylic acids is 5. The highest BCUT2D eigenvalue weighted by atomic mass is 32.1. The predicted octanol–water partition coefficient (Wildman–Crippen LogP) is 5.40. The highest BCUT2D eigenvalue weighted by Gasteiger charge is 2.28. The van der Waals surface area contributed by atoms with Gasteiger partial charge in [0.25, 0.3) is 0 Å². The van der Waals surface area contributed by atoms with Crippen LogP contribution in [-0.4, -0.2) is 162 Å². The zero-order valence-corrected chi connectivity index (χ0v) is 43.0. The van der Waals surface area contributed by atoms with E-state index in [0.29, 0.717) is 56.4 Å². The van der Waals surface area contributed by atoms with Gasteiger partial charge in [-0.05, 0) is 109 Å². The fourth-order valence-electron chi connectivity index (χ4n) is 7.80. The smallest absolute Gasteiger partial charge is 0.347 e. The summed E-state index contributed by atoms with van der Waals surface area (Å²) in [6.45, 7) is 14.7. The van der Waals surface area contributed by atoms with Crippen LogP contribution in [0.2, 0.25) is 0 Å². The molecule has 4 heterocycles. The summed E-state index contributed by atoms with van der Waals surface area (Å²) in [6.07, 6.45) is 2.85. The molecular weight excluding hydrogens is 951 g/mol. The Labute approximate surface area is 424 Å². The van der Waals surface area contributed by atoms with Crippen LogP contribution in [0.15, 0.2) is 54.9 Å². The molecule has 2 aromatic carbocycles. The summed E-state index contributed by atoms with van der Waals surface area (Å²) in [5.74, 6) is -1.41. The molecule has 2 aliphatic rings. The molecule has 2 aromatic heterocycles. The average Bonchev–Trinajstić information content (AvgIpc) is 4.19. The number of carbonyl (C=O) groups is 5. The van der Waals surface area contributed by atoms with Gasteiger partial charge in [-0.15, -0.1) is 0 Å². The second-order valence-corrected chi connectivity index (χ2v) is 19.1. The number of morpholine rings is 1. The number of likely N-dealkylation sites (tertiary alicyclic amines) is 1. The molecule has 6 rings (SSSR count). The number of aryl methyl sites for hydroxylation is 1. The van der Waals surface area contributed by atoms with Gasteiger partial charge in [-0.1, -0.05) is 18.2 Å². The van der Waals surface area contributed by atoms with Crippen molar-refractivity contribution in [1.82, 2.24) is 34.1 Å². The Bertz CT molecular complexity index is 2370. The lowest BCUT2D eigenvalue weighted by Gasteiger charge is -2.28. The molecule has 2 saturated heterocycles. The first-order valence-electron chi connectivity index (χ1n) is 24.5. The quantitative estimate of drug-likeness (QED) is 0.0527. The normalized spacial score (nSPS) is 15.2. The molecule has 0 bridgehead atoms. The summed E-state index contributed by atoms with van der Waals surface area (Å²) in [5.41, 5.74) is 3.50. The lowest BCUT2D eigenvalue weighted by atomic mass is 10.1. The van der Waals surface area contributed by atoms with Gasteiger partial charge in [0.2, 0.25) is 0 Å². The van der Waals surface area contributed by atoms with E-state index < -0.39 is 48.2 Å². The molecule has 2 unspecified atom stereocenters. The van der Waals surface area contributed by atoms with Gasteiger partial charge in [-0.3, -0.25) is 19.6 Å². The van der Waals surface area contributed by atoms with Crippen LogP contribution in [-0.2, 0) is 55.8 Å². The Morgan fingerprint density at radius 2 is 1.64 bits per heavy atom. The second kappa shape index (κ2) is 27.5. The number of anilines is 2. The summed E-state index contributed by atoms with van der Waals surface area (Å²) in [7, 11) is 1.55. The summed E-state index contributed by atoms with van der Waals surface area (Å²) in [6, 6.07) is 12.2. The van der Waals surface area contributed by atoms with Gasteiger partial charge in [0.1, 0.15) is 30.8 Å². The Morgan fingerprint density at radius 3 is 2.36 bits per heavy atom. The lowest BCUT2D eigenvalue weighted by molar-refractivity contribution is -0.177. The summed E-state index contributed by atoms with van der Waals surface area (Å²) in [5, 5.41) is 13.3. The molecule has 0 aliphatic carbocycles. The number of hydrogen-bond acceptors (Lipinski definition) is 19. The third-order valence-electron chi connectivity index (χ3n) is 11.8. The molecule has 72 heavy (non-hydrogen) atoms. The zero-order chi connectivity index (χ0) is 51.5. The number of methoxy groups -OCH3 is 1.